The lowest BCUT2D eigenvalue weighted by atomic mass is 9.93. The number of phenols is 1. The maximum absolute atomic E-state index is 13.6. The Morgan fingerprint density at radius 1 is 1.09 bits per heavy atom. The van der Waals surface area contributed by atoms with E-state index in [9.17, 15) is 45.0 Å². The molecule has 0 spiro atoms. The van der Waals surface area contributed by atoms with Crippen LogP contribution in [0.4, 0.5) is 0 Å². The van der Waals surface area contributed by atoms with Crippen LogP contribution in [0.15, 0.2) is 52.5 Å². The molecule has 7 N–H and O–H groups in total. The third kappa shape index (κ3) is 7.50. The molecule has 43 heavy (non-hydrogen) atoms. The van der Waals surface area contributed by atoms with Crippen molar-refractivity contribution in [2.24, 2.45) is 5.92 Å². The van der Waals surface area contributed by atoms with Gasteiger partial charge in [0, 0.05) is 17.6 Å². The summed E-state index contributed by atoms with van der Waals surface area (Å²) in [7, 11) is 0. The Labute approximate surface area is 245 Å². The molecule has 1 aliphatic carbocycles. The molecule has 6 atom stereocenters. The van der Waals surface area contributed by atoms with Crippen LogP contribution in [-0.2, 0) is 31.9 Å². The summed E-state index contributed by atoms with van der Waals surface area (Å²) in [6, 6.07) is 5.89. The smallest absolute Gasteiger partial charge is 0.328 e. The third-order valence-electron chi connectivity index (χ3n) is 7.56. The first-order chi connectivity index (χ1) is 20.3. The molecular weight excluding hydrogens is 568 g/mol. The SMILES string of the molecule is CC1C(O)OC(COc2cc(CCOC3CC/C(=C\C(=O)O)C=C3O)cc3ccc(CC(=O)O)c(O)c3c2=O)C(O)C1O. The summed E-state index contributed by atoms with van der Waals surface area (Å²) in [6.07, 6.45) is -3.21. The number of aliphatic carboxylic acids is 2. The van der Waals surface area contributed by atoms with Gasteiger partial charge < -0.3 is 50.0 Å². The highest BCUT2D eigenvalue weighted by atomic mass is 16.6. The molecule has 1 saturated heterocycles. The van der Waals surface area contributed by atoms with Gasteiger partial charge in [-0.3, -0.25) is 9.59 Å². The Balaban J connectivity index is 1.62. The number of phenolic OH excluding ortho intramolecular Hbond substituents is 1. The molecule has 0 amide bonds. The minimum atomic E-state index is -1.42. The van der Waals surface area contributed by atoms with Crippen molar-refractivity contribution in [3.05, 3.63) is 69.1 Å². The van der Waals surface area contributed by atoms with Crippen molar-refractivity contribution in [2.75, 3.05) is 13.2 Å². The summed E-state index contributed by atoms with van der Waals surface area (Å²) in [4.78, 5) is 35.8. The van der Waals surface area contributed by atoms with Crippen LogP contribution in [0, 0.1) is 5.92 Å². The number of hydrogen-bond acceptors (Lipinski definition) is 11. The minimum absolute atomic E-state index is 0.0151. The van der Waals surface area contributed by atoms with Gasteiger partial charge in [0.05, 0.1) is 24.5 Å². The zero-order valence-electron chi connectivity index (χ0n) is 23.3. The summed E-state index contributed by atoms with van der Waals surface area (Å²) < 4.78 is 16.9. The summed E-state index contributed by atoms with van der Waals surface area (Å²) in [5.74, 6) is -4.01. The summed E-state index contributed by atoms with van der Waals surface area (Å²) in [5.41, 5.74) is 0.218. The van der Waals surface area contributed by atoms with E-state index in [0.717, 1.165) is 6.08 Å². The highest BCUT2D eigenvalue weighted by Gasteiger charge is 2.41. The van der Waals surface area contributed by atoms with Crippen LogP contribution < -0.4 is 10.2 Å². The number of carbonyl (C=O) groups is 2. The molecule has 0 saturated carbocycles. The van der Waals surface area contributed by atoms with Gasteiger partial charge in [-0.25, -0.2) is 4.79 Å². The number of rotatable bonds is 10. The van der Waals surface area contributed by atoms with Gasteiger partial charge in [-0.1, -0.05) is 25.1 Å². The molecule has 2 aromatic rings. The van der Waals surface area contributed by atoms with Crippen LogP contribution in [0.3, 0.4) is 0 Å². The Kier molecular flexibility index (Phi) is 10.0. The lowest BCUT2D eigenvalue weighted by Crippen LogP contribution is -2.55. The number of allylic oxidation sites excluding steroid dienone is 2. The lowest BCUT2D eigenvalue weighted by Gasteiger charge is -2.39. The number of aliphatic hydroxyl groups is 4. The molecular formula is C30H34O13. The second-order valence-corrected chi connectivity index (χ2v) is 10.7. The van der Waals surface area contributed by atoms with Crippen molar-refractivity contribution in [1.29, 1.82) is 0 Å². The molecule has 232 valence electrons. The van der Waals surface area contributed by atoms with Crippen molar-refractivity contribution in [1.82, 2.24) is 0 Å². The fourth-order valence-electron chi connectivity index (χ4n) is 5.12. The molecule has 0 aromatic heterocycles. The fourth-order valence-corrected chi connectivity index (χ4v) is 5.12. The van der Waals surface area contributed by atoms with Crippen LogP contribution in [0.1, 0.15) is 30.9 Å². The topological polar surface area (TPSA) is 221 Å². The van der Waals surface area contributed by atoms with Crippen molar-refractivity contribution in [3.63, 3.8) is 0 Å². The Morgan fingerprint density at radius 3 is 2.51 bits per heavy atom. The monoisotopic (exact) mass is 602 g/mol. The Morgan fingerprint density at radius 2 is 1.84 bits per heavy atom. The van der Waals surface area contributed by atoms with E-state index in [0.29, 0.717) is 29.4 Å². The first-order valence-corrected chi connectivity index (χ1v) is 13.7. The van der Waals surface area contributed by atoms with Gasteiger partial charge in [-0.15, -0.1) is 0 Å². The van der Waals surface area contributed by atoms with Crippen LogP contribution in [0.5, 0.6) is 11.5 Å². The zero-order valence-corrected chi connectivity index (χ0v) is 23.3. The number of aliphatic hydroxyl groups excluding tert-OH is 4. The molecule has 2 aliphatic rings. The minimum Gasteiger partial charge on any atom is -0.510 e. The maximum Gasteiger partial charge on any atom is 0.328 e. The predicted octanol–water partition coefficient (Wildman–Crippen LogP) is 1.16. The van der Waals surface area contributed by atoms with E-state index in [1.165, 1.54) is 31.2 Å². The second kappa shape index (κ2) is 13.5. The number of benzene rings is 1. The number of aromatic hydroxyl groups is 1. The number of carboxylic acid groups (broad SMARTS) is 2. The van der Waals surface area contributed by atoms with E-state index < -0.39 is 72.8 Å². The summed E-state index contributed by atoms with van der Waals surface area (Å²) in [5, 5.41) is 70.1. The Hall–Kier alpha value is -4.01. The van der Waals surface area contributed by atoms with Crippen molar-refractivity contribution < 1.29 is 59.5 Å². The molecule has 0 radical (unpaired) electrons. The molecule has 13 heteroatoms. The average Bonchev–Trinajstić information content (AvgIpc) is 3.07. The number of fused-ring (bicyclic) bond motifs is 1. The van der Waals surface area contributed by atoms with Gasteiger partial charge >= 0.3 is 11.9 Å². The van der Waals surface area contributed by atoms with E-state index in [2.05, 4.69) is 0 Å². The molecule has 4 rings (SSSR count). The molecule has 6 unspecified atom stereocenters. The zero-order chi connectivity index (χ0) is 31.4. The van der Waals surface area contributed by atoms with E-state index in [-0.39, 0.29) is 35.5 Å². The van der Waals surface area contributed by atoms with E-state index in [1.54, 1.807) is 6.07 Å². The highest BCUT2D eigenvalue weighted by molar-refractivity contribution is 5.91. The first-order valence-electron chi connectivity index (χ1n) is 13.7. The first kappa shape index (κ1) is 31.9. The van der Waals surface area contributed by atoms with Gasteiger partial charge in [0.25, 0.3) is 0 Å². The van der Waals surface area contributed by atoms with Gasteiger partial charge in [0.2, 0.25) is 5.43 Å². The number of hydrogen-bond donors (Lipinski definition) is 7. The van der Waals surface area contributed by atoms with Gasteiger partial charge in [0.1, 0.15) is 36.4 Å². The number of ether oxygens (including phenoxy) is 3. The van der Waals surface area contributed by atoms with Gasteiger partial charge in [-0.05, 0) is 47.9 Å². The summed E-state index contributed by atoms with van der Waals surface area (Å²) in [6.45, 7) is 1.12. The van der Waals surface area contributed by atoms with Crippen LogP contribution in [0.25, 0.3) is 10.8 Å². The molecule has 1 aliphatic heterocycles. The highest BCUT2D eigenvalue weighted by Crippen LogP contribution is 2.30. The molecule has 2 aromatic carbocycles. The molecule has 0 bridgehead atoms. The maximum atomic E-state index is 13.6. The van der Waals surface area contributed by atoms with Gasteiger partial charge in [-0.2, -0.15) is 0 Å². The quantitative estimate of drug-likeness (QED) is 0.190. The summed E-state index contributed by atoms with van der Waals surface area (Å²) >= 11 is 0. The van der Waals surface area contributed by atoms with Crippen molar-refractivity contribution >= 4 is 22.7 Å². The van der Waals surface area contributed by atoms with Crippen molar-refractivity contribution in [3.8, 4) is 11.5 Å². The lowest BCUT2D eigenvalue weighted by molar-refractivity contribution is -0.264. The van der Waals surface area contributed by atoms with E-state index in [4.69, 9.17) is 19.3 Å². The van der Waals surface area contributed by atoms with Crippen LogP contribution >= 0.6 is 0 Å². The third-order valence-corrected chi connectivity index (χ3v) is 7.56. The van der Waals surface area contributed by atoms with Crippen molar-refractivity contribution in [2.45, 2.75) is 63.3 Å². The fraction of sp³-hybridized carbons (Fsp3) is 0.433. The Bertz CT molecular complexity index is 1500. The van der Waals surface area contributed by atoms with Crippen LogP contribution in [0.2, 0.25) is 0 Å². The number of carboxylic acids is 2. The van der Waals surface area contributed by atoms with E-state index in [1.807, 2.05) is 0 Å². The van der Waals surface area contributed by atoms with E-state index >= 15 is 0 Å². The van der Waals surface area contributed by atoms with Gasteiger partial charge in [0.15, 0.2) is 12.0 Å². The predicted molar refractivity (Wildman–Crippen MR) is 150 cm³/mol. The molecule has 13 nitrogen and oxygen atoms in total. The molecule has 1 fully saturated rings. The largest absolute Gasteiger partial charge is 0.510 e. The van der Waals surface area contributed by atoms with Crippen LogP contribution in [-0.4, -0.2) is 91.6 Å². The normalized spacial score (nSPS) is 26.7. The second-order valence-electron chi connectivity index (χ2n) is 10.7. The average molecular weight is 603 g/mol. The molecule has 1 heterocycles. The standard InChI is InChI=1S/C30H34O13/c1-14-26(36)29(39)22(43-30(14)40)13-42-21-10-16(6-7-41-20-5-2-15(9-19(20)31)11-23(32)33)8-17-3-4-18(12-24(34)35)27(37)25(17)28(21)38/h3-4,8-11,14,20,22,26,29-31,36-37,39-40H,2,5-7,12-13H2,1H3,(H,32,33)(H,34,35)/b15-11+.